The Labute approximate surface area is 202 Å². The normalized spacial score (nSPS) is 15.7. The summed E-state index contributed by atoms with van der Waals surface area (Å²) in [5.41, 5.74) is 3.81. The van der Waals surface area contributed by atoms with Crippen LogP contribution in [0.4, 0.5) is 18.2 Å². The largest absolute Gasteiger partial charge is 0.480 e. The van der Waals surface area contributed by atoms with E-state index in [-0.39, 0.29) is 5.82 Å². The van der Waals surface area contributed by atoms with Crippen molar-refractivity contribution in [3.63, 3.8) is 0 Å². The SMILES string of the molecule is COc1ncnc(C2CC2)c1-c1nn(C)c2c1CN(c1cnc(-c3nc(C(F)(F)F)cn3C)s1)C2. The quantitative estimate of drug-likeness (QED) is 0.405. The molecule has 0 amide bonds. The molecule has 13 heteroatoms. The average molecular weight is 503 g/mol. The van der Waals surface area contributed by atoms with Gasteiger partial charge in [0.25, 0.3) is 0 Å². The number of anilines is 1. The van der Waals surface area contributed by atoms with Gasteiger partial charge in [0.1, 0.15) is 17.0 Å². The lowest BCUT2D eigenvalue weighted by Crippen LogP contribution is -2.15. The molecule has 0 bridgehead atoms. The number of halogens is 3. The number of rotatable bonds is 5. The van der Waals surface area contributed by atoms with E-state index in [1.165, 1.54) is 29.3 Å². The fraction of sp³-hybridized carbons (Fsp3) is 0.409. The van der Waals surface area contributed by atoms with E-state index in [1.807, 2.05) is 11.7 Å². The monoisotopic (exact) mass is 502 g/mol. The molecule has 35 heavy (non-hydrogen) atoms. The van der Waals surface area contributed by atoms with Crippen LogP contribution in [-0.2, 0) is 33.4 Å². The summed E-state index contributed by atoms with van der Waals surface area (Å²) in [6.45, 7) is 1.18. The number of aryl methyl sites for hydroxylation is 2. The highest BCUT2D eigenvalue weighted by molar-refractivity contribution is 7.18. The third-order valence-electron chi connectivity index (χ3n) is 6.36. The summed E-state index contributed by atoms with van der Waals surface area (Å²) in [6.07, 6.45) is 1.86. The molecule has 9 nitrogen and oxygen atoms in total. The second kappa shape index (κ2) is 7.77. The molecule has 0 N–H and O–H groups in total. The lowest BCUT2D eigenvalue weighted by Gasteiger charge is -2.16. The van der Waals surface area contributed by atoms with Gasteiger partial charge in [0, 0.05) is 38.3 Å². The standard InChI is InChI=1S/C22H21F3N8OS/c1-31-9-14(22(23,24)25)29-19(31)21-26-6-15(35-21)33-7-12-13(8-33)32(2)30-18(12)16-17(11-4-5-11)27-10-28-20(16)34-3/h6,9-11H,4-5,7-8H2,1-3H3. The van der Waals surface area contributed by atoms with Gasteiger partial charge in [-0.2, -0.15) is 18.3 Å². The summed E-state index contributed by atoms with van der Waals surface area (Å²) in [5, 5.41) is 6.07. The van der Waals surface area contributed by atoms with Crippen molar-refractivity contribution < 1.29 is 17.9 Å². The number of hydrogen-bond acceptors (Lipinski definition) is 8. The molecule has 1 aliphatic heterocycles. The Morgan fingerprint density at radius 1 is 1.11 bits per heavy atom. The molecule has 4 aromatic rings. The van der Waals surface area contributed by atoms with Crippen LogP contribution in [0, 0.1) is 0 Å². The number of methoxy groups -OCH3 is 1. The molecule has 0 spiro atoms. The predicted molar refractivity (Wildman–Crippen MR) is 122 cm³/mol. The molecule has 0 atom stereocenters. The molecule has 0 radical (unpaired) electrons. The summed E-state index contributed by atoms with van der Waals surface area (Å²) < 4.78 is 48.1. The van der Waals surface area contributed by atoms with Crippen LogP contribution in [0.2, 0.25) is 0 Å². The molecule has 1 aliphatic carbocycles. The molecule has 2 aliphatic rings. The fourth-order valence-electron chi connectivity index (χ4n) is 4.49. The Bertz CT molecular complexity index is 1440. The van der Waals surface area contributed by atoms with Gasteiger partial charge in [-0.1, -0.05) is 11.3 Å². The van der Waals surface area contributed by atoms with Gasteiger partial charge in [0.2, 0.25) is 5.88 Å². The van der Waals surface area contributed by atoms with Crippen molar-refractivity contribution in [1.29, 1.82) is 0 Å². The molecule has 6 rings (SSSR count). The van der Waals surface area contributed by atoms with Crippen LogP contribution < -0.4 is 9.64 Å². The van der Waals surface area contributed by atoms with Crippen molar-refractivity contribution in [2.45, 2.75) is 38.0 Å². The Morgan fingerprint density at radius 3 is 2.60 bits per heavy atom. The summed E-state index contributed by atoms with van der Waals surface area (Å²) in [5.74, 6) is 1.09. The van der Waals surface area contributed by atoms with Crippen LogP contribution >= 0.6 is 11.3 Å². The third-order valence-corrected chi connectivity index (χ3v) is 7.42. The van der Waals surface area contributed by atoms with E-state index in [4.69, 9.17) is 9.84 Å². The Balaban J connectivity index is 1.33. The second-order valence-corrected chi connectivity index (χ2v) is 9.74. The maximum atomic E-state index is 13.1. The zero-order valence-electron chi connectivity index (χ0n) is 19.2. The van der Waals surface area contributed by atoms with Crippen molar-refractivity contribution in [3.8, 4) is 28.0 Å². The van der Waals surface area contributed by atoms with Gasteiger partial charge < -0.3 is 14.2 Å². The molecule has 182 valence electrons. The minimum Gasteiger partial charge on any atom is -0.480 e. The molecule has 5 heterocycles. The Hall–Kier alpha value is -3.48. The number of nitrogens with zero attached hydrogens (tertiary/aromatic N) is 8. The van der Waals surface area contributed by atoms with Crippen LogP contribution in [0.3, 0.4) is 0 Å². The first-order valence-electron chi connectivity index (χ1n) is 11.0. The number of alkyl halides is 3. The first-order chi connectivity index (χ1) is 16.7. The topological polar surface area (TPSA) is 86.8 Å². The number of ether oxygens (including phenoxy) is 1. The number of hydrogen-bond donors (Lipinski definition) is 0. The first kappa shape index (κ1) is 22.0. The van der Waals surface area contributed by atoms with E-state index in [9.17, 15) is 13.2 Å². The minimum absolute atomic E-state index is 0.188. The summed E-state index contributed by atoms with van der Waals surface area (Å²) in [6, 6.07) is 0. The average Bonchev–Trinajstić information content (AvgIpc) is 3.14. The highest BCUT2D eigenvalue weighted by Crippen LogP contribution is 2.47. The number of thiazole rings is 1. The van der Waals surface area contributed by atoms with E-state index in [0.717, 1.165) is 52.2 Å². The highest BCUT2D eigenvalue weighted by Gasteiger charge is 2.37. The van der Waals surface area contributed by atoms with Gasteiger partial charge >= 0.3 is 6.18 Å². The lowest BCUT2D eigenvalue weighted by atomic mass is 10.0. The van der Waals surface area contributed by atoms with E-state index in [0.29, 0.717) is 29.9 Å². The van der Waals surface area contributed by atoms with Gasteiger partial charge in [0.05, 0.1) is 36.8 Å². The zero-order chi connectivity index (χ0) is 24.5. The van der Waals surface area contributed by atoms with Crippen molar-refractivity contribution in [2.75, 3.05) is 12.0 Å². The molecule has 0 saturated heterocycles. The molecule has 4 aromatic heterocycles. The first-order valence-corrected chi connectivity index (χ1v) is 11.8. The van der Waals surface area contributed by atoms with Crippen LogP contribution in [-0.4, -0.2) is 41.4 Å². The molecular formula is C22H21F3N8OS. The summed E-state index contributed by atoms with van der Waals surface area (Å²) >= 11 is 1.31. The molecular weight excluding hydrogens is 481 g/mol. The van der Waals surface area contributed by atoms with Gasteiger partial charge in [-0.3, -0.25) is 4.68 Å². The predicted octanol–water partition coefficient (Wildman–Crippen LogP) is 4.16. The van der Waals surface area contributed by atoms with Crippen molar-refractivity contribution >= 4 is 16.3 Å². The molecule has 0 aromatic carbocycles. The van der Waals surface area contributed by atoms with E-state index >= 15 is 0 Å². The van der Waals surface area contributed by atoms with Gasteiger partial charge in [-0.15, -0.1) is 0 Å². The van der Waals surface area contributed by atoms with Crippen LogP contribution in [0.5, 0.6) is 5.88 Å². The minimum atomic E-state index is -4.50. The fourth-order valence-corrected chi connectivity index (χ4v) is 5.44. The molecule has 1 saturated carbocycles. The summed E-state index contributed by atoms with van der Waals surface area (Å²) in [4.78, 5) is 19.2. The van der Waals surface area contributed by atoms with Crippen molar-refractivity contribution in [1.82, 2.24) is 34.3 Å². The molecule has 1 fully saturated rings. The van der Waals surface area contributed by atoms with E-state index in [1.54, 1.807) is 13.3 Å². The highest BCUT2D eigenvalue weighted by atomic mass is 32.1. The van der Waals surface area contributed by atoms with Crippen LogP contribution in [0.1, 0.15) is 41.4 Å². The zero-order valence-corrected chi connectivity index (χ0v) is 20.0. The Kier molecular flexibility index (Phi) is 4.88. The number of fused-ring (bicyclic) bond motifs is 1. The number of aromatic nitrogens is 7. The van der Waals surface area contributed by atoms with Gasteiger partial charge in [-0.05, 0) is 12.8 Å². The lowest BCUT2D eigenvalue weighted by molar-refractivity contribution is -0.140. The van der Waals surface area contributed by atoms with Crippen LogP contribution in [0.15, 0.2) is 18.7 Å². The third kappa shape index (κ3) is 3.65. The van der Waals surface area contributed by atoms with Gasteiger partial charge in [-0.25, -0.2) is 19.9 Å². The second-order valence-electron chi connectivity index (χ2n) is 8.73. The maximum Gasteiger partial charge on any atom is 0.434 e. The number of imidazole rings is 1. The molecule has 0 unspecified atom stereocenters. The van der Waals surface area contributed by atoms with E-state index < -0.39 is 11.9 Å². The van der Waals surface area contributed by atoms with E-state index in [2.05, 4.69) is 24.8 Å². The summed E-state index contributed by atoms with van der Waals surface area (Å²) in [7, 11) is 5.04. The Morgan fingerprint density at radius 2 is 1.91 bits per heavy atom. The smallest absolute Gasteiger partial charge is 0.434 e. The van der Waals surface area contributed by atoms with Crippen LogP contribution in [0.25, 0.3) is 22.1 Å². The maximum absolute atomic E-state index is 13.1. The van der Waals surface area contributed by atoms with Gasteiger partial charge in [0.15, 0.2) is 16.5 Å². The van der Waals surface area contributed by atoms with Crippen molar-refractivity contribution in [3.05, 3.63) is 41.4 Å². The van der Waals surface area contributed by atoms with Crippen molar-refractivity contribution in [2.24, 2.45) is 14.1 Å².